The number of hydrogen-bond donors (Lipinski definition) is 3. The molecule has 5 nitrogen and oxygen atoms in total. The Morgan fingerprint density at radius 1 is 1.40 bits per heavy atom. The molecule has 1 aliphatic heterocycles. The van der Waals surface area contributed by atoms with Gasteiger partial charge in [0.05, 0.1) is 21.2 Å². The topological polar surface area (TPSA) is 84.6 Å². The van der Waals surface area contributed by atoms with Crippen LogP contribution in [0.25, 0.3) is 0 Å². The van der Waals surface area contributed by atoms with Crippen molar-refractivity contribution in [3.63, 3.8) is 0 Å². The van der Waals surface area contributed by atoms with Gasteiger partial charge in [0.15, 0.2) is 0 Å². The zero-order valence-electron chi connectivity index (χ0n) is 10.8. The molecule has 0 saturated carbocycles. The molecule has 2 rings (SSSR count). The van der Waals surface area contributed by atoms with Crippen LogP contribution < -0.4 is 11.1 Å². The summed E-state index contributed by atoms with van der Waals surface area (Å²) in [5.41, 5.74) is 5.26. The molecule has 1 fully saturated rings. The molecule has 0 atom stereocenters. The molecular formula is C13H16Cl2N2O3. The minimum Gasteiger partial charge on any atom is -0.399 e. The lowest BCUT2D eigenvalue weighted by Gasteiger charge is -2.32. The highest BCUT2D eigenvalue weighted by atomic mass is 35.5. The molecule has 110 valence electrons. The van der Waals surface area contributed by atoms with E-state index < -0.39 is 11.5 Å². The first-order valence-electron chi connectivity index (χ1n) is 6.24. The summed E-state index contributed by atoms with van der Waals surface area (Å²) in [5, 5.41) is 13.3. The fourth-order valence-electron chi connectivity index (χ4n) is 2.04. The van der Waals surface area contributed by atoms with E-state index in [0.29, 0.717) is 31.7 Å². The van der Waals surface area contributed by atoms with E-state index in [4.69, 9.17) is 33.7 Å². The Bertz CT molecular complexity index is 517. The number of nitrogens with two attached hydrogens (primary N) is 1. The third kappa shape index (κ3) is 3.55. The van der Waals surface area contributed by atoms with Crippen LogP contribution in [0.5, 0.6) is 0 Å². The summed E-state index contributed by atoms with van der Waals surface area (Å²) in [6.45, 7) is 1.10. The maximum absolute atomic E-state index is 12.1. The number of anilines is 1. The van der Waals surface area contributed by atoms with E-state index in [9.17, 15) is 9.90 Å². The van der Waals surface area contributed by atoms with Crippen LogP contribution in [0, 0.1) is 0 Å². The number of benzene rings is 1. The van der Waals surface area contributed by atoms with Gasteiger partial charge in [0.1, 0.15) is 0 Å². The van der Waals surface area contributed by atoms with Crippen LogP contribution in [0.15, 0.2) is 12.1 Å². The molecule has 1 aromatic carbocycles. The quantitative estimate of drug-likeness (QED) is 0.742. The van der Waals surface area contributed by atoms with E-state index in [1.807, 2.05) is 0 Å². The summed E-state index contributed by atoms with van der Waals surface area (Å²) in [7, 11) is 0. The first-order valence-corrected chi connectivity index (χ1v) is 7.00. The molecular weight excluding hydrogens is 303 g/mol. The highest BCUT2D eigenvalue weighted by Gasteiger charge is 2.30. The third-order valence-electron chi connectivity index (χ3n) is 3.30. The first-order chi connectivity index (χ1) is 9.41. The number of amides is 1. The van der Waals surface area contributed by atoms with Gasteiger partial charge >= 0.3 is 0 Å². The molecule has 4 N–H and O–H groups in total. The Morgan fingerprint density at radius 3 is 2.70 bits per heavy atom. The minimum absolute atomic E-state index is 0.137. The van der Waals surface area contributed by atoms with E-state index in [1.165, 1.54) is 12.1 Å². The Hall–Kier alpha value is -1.01. The number of carbonyl (C=O) groups excluding carboxylic acids is 1. The van der Waals surface area contributed by atoms with E-state index in [2.05, 4.69) is 5.32 Å². The normalized spacial score (nSPS) is 17.8. The summed E-state index contributed by atoms with van der Waals surface area (Å²) in [5.74, 6) is -0.413. The number of aliphatic hydroxyl groups is 1. The van der Waals surface area contributed by atoms with Crippen molar-refractivity contribution in [2.45, 2.75) is 18.4 Å². The predicted molar refractivity (Wildman–Crippen MR) is 78.2 cm³/mol. The van der Waals surface area contributed by atoms with Gasteiger partial charge in [-0.05, 0) is 12.1 Å². The summed E-state index contributed by atoms with van der Waals surface area (Å²) in [6.07, 6.45) is 0.970. The predicted octanol–water partition coefficient (Wildman–Crippen LogP) is 1.85. The van der Waals surface area contributed by atoms with E-state index in [0.717, 1.165) is 0 Å². The molecule has 0 spiro atoms. The second kappa shape index (κ2) is 6.18. The molecule has 1 heterocycles. The summed E-state index contributed by atoms with van der Waals surface area (Å²) in [6, 6.07) is 2.93. The van der Waals surface area contributed by atoms with E-state index >= 15 is 0 Å². The number of nitrogens with one attached hydrogen (secondary N) is 1. The molecule has 1 amide bonds. The molecule has 0 bridgehead atoms. The Kier molecular flexibility index (Phi) is 4.75. The van der Waals surface area contributed by atoms with Crippen LogP contribution in [0.2, 0.25) is 10.0 Å². The van der Waals surface area contributed by atoms with Gasteiger partial charge in [-0.1, -0.05) is 23.2 Å². The molecule has 0 aromatic heterocycles. The number of rotatable bonds is 3. The molecule has 1 saturated heterocycles. The highest BCUT2D eigenvalue weighted by molar-refractivity contribution is 6.44. The standard InChI is InChI=1S/C13H16Cl2N2O3/c14-10-6-8(16)5-9(11(10)15)12(18)17-7-13(19)1-3-20-4-2-13/h5-6,19H,1-4,7,16H2,(H,17,18). The summed E-state index contributed by atoms with van der Waals surface area (Å²) >= 11 is 11.9. The molecule has 0 unspecified atom stereocenters. The van der Waals surface area contributed by atoms with Crippen LogP contribution >= 0.6 is 23.2 Å². The number of carbonyl (C=O) groups is 1. The van der Waals surface area contributed by atoms with E-state index in [-0.39, 0.29) is 22.2 Å². The fourth-order valence-corrected chi connectivity index (χ4v) is 2.47. The average molecular weight is 319 g/mol. The van der Waals surface area contributed by atoms with Crippen molar-refractivity contribution < 1.29 is 14.6 Å². The lowest BCUT2D eigenvalue weighted by molar-refractivity contribution is -0.0605. The van der Waals surface area contributed by atoms with Crippen molar-refractivity contribution in [2.24, 2.45) is 0 Å². The monoisotopic (exact) mass is 318 g/mol. The van der Waals surface area contributed by atoms with Gasteiger partial charge in [0, 0.05) is 38.3 Å². The number of hydrogen-bond acceptors (Lipinski definition) is 4. The largest absolute Gasteiger partial charge is 0.399 e. The number of ether oxygens (including phenoxy) is 1. The van der Waals surface area contributed by atoms with Gasteiger partial charge in [0.2, 0.25) is 0 Å². The van der Waals surface area contributed by atoms with Crippen LogP contribution in [0.4, 0.5) is 5.69 Å². The zero-order chi connectivity index (χ0) is 14.8. The van der Waals surface area contributed by atoms with Gasteiger partial charge in [-0.25, -0.2) is 0 Å². The van der Waals surface area contributed by atoms with Crippen molar-refractivity contribution in [3.8, 4) is 0 Å². The maximum Gasteiger partial charge on any atom is 0.253 e. The van der Waals surface area contributed by atoms with Gasteiger partial charge in [-0.2, -0.15) is 0 Å². The Balaban J connectivity index is 2.05. The summed E-state index contributed by atoms with van der Waals surface area (Å²) < 4.78 is 5.18. The van der Waals surface area contributed by atoms with Crippen LogP contribution in [0.3, 0.4) is 0 Å². The molecule has 0 aliphatic carbocycles. The van der Waals surface area contributed by atoms with Crippen molar-refractivity contribution in [1.82, 2.24) is 5.32 Å². The second-order valence-corrected chi connectivity index (χ2v) is 5.67. The Labute approximate surface area is 127 Å². The van der Waals surface area contributed by atoms with Gasteiger partial charge in [-0.15, -0.1) is 0 Å². The lowest BCUT2D eigenvalue weighted by Crippen LogP contribution is -2.46. The van der Waals surface area contributed by atoms with Crippen molar-refractivity contribution >= 4 is 34.8 Å². The highest BCUT2D eigenvalue weighted by Crippen LogP contribution is 2.29. The number of nitrogen functional groups attached to an aromatic ring is 1. The minimum atomic E-state index is -0.940. The van der Waals surface area contributed by atoms with Crippen molar-refractivity contribution in [3.05, 3.63) is 27.7 Å². The molecule has 0 radical (unpaired) electrons. The maximum atomic E-state index is 12.1. The van der Waals surface area contributed by atoms with Crippen LogP contribution in [-0.2, 0) is 4.74 Å². The first kappa shape index (κ1) is 15.4. The SMILES string of the molecule is Nc1cc(Cl)c(Cl)c(C(=O)NCC2(O)CCOCC2)c1. The van der Waals surface area contributed by atoms with Crippen LogP contribution in [-0.4, -0.2) is 36.4 Å². The molecule has 7 heteroatoms. The molecule has 1 aromatic rings. The molecule has 1 aliphatic rings. The Morgan fingerprint density at radius 2 is 2.05 bits per heavy atom. The number of halogens is 2. The van der Waals surface area contributed by atoms with Crippen molar-refractivity contribution in [2.75, 3.05) is 25.5 Å². The lowest BCUT2D eigenvalue weighted by atomic mass is 9.94. The smallest absolute Gasteiger partial charge is 0.253 e. The van der Waals surface area contributed by atoms with Gasteiger partial charge in [-0.3, -0.25) is 4.79 Å². The molecule has 20 heavy (non-hydrogen) atoms. The van der Waals surface area contributed by atoms with Gasteiger partial charge in [0.25, 0.3) is 5.91 Å². The summed E-state index contributed by atoms with van der Waals surface area (Å²) in [4.78, 5) is 12.1. The average Bonchev–Trinajstić information content (AvgIpc) is 2.41. The zero-order valence-corrected chi connectivity index (χ0v) is 12.3. The van der Waals surface area contributed by atoms with Crippen molar-refractivity contribution in [1.29, 1.82) is 0 Å². The fraction of sp³-hybridized carbons (Fsp3) is 0.462. The second-order valence-electron chi connectivity index (χ2n) is 4.88. The van der Waals surface area contributed by atoms with Crippen LogP contribution in [0.1, 0.15) is 23.2 Å². The van der Waals surface area contributed by atoms with Gasteiger partial charge < -0.3 is 20.9 Å². The van der Waals surface area contributed by atoms with E-state index in [1.54, 1.807) is 0 Å². The third-order valence-corrected chi connectivity index (χ3v) is 4.10.